The lowest BCUT2D eigenvalue weighted by Crippen LogP contribution is -2.54. The second kappa shape index (κ2) is 7.98. The first-order chi connectivity index (χ1) is 13.1. The third kappa shape index (κ3) is 3.87. The molecule has 6 nitrogen and oxygen atoms in total. The van der Waals surface area contributed by atoms with Crippen LogP contribution in [0.3, 0.4) is 0 Å². The third-order valence-electron chi connectivity index (χ3n) is 6.51. The monoisotopic (exact) mass is 370 g/mol. The Morgan fingerprint density at radius 2 is 1.74 bits per heavy atom. The molecule has 3 atom stereocenters. The van der Waals surface area contributed by atoms with Gasteiger partial charge >= 0.3 is 0 Å². The number of hydrogen-bond acceptors (Lipinski definition) is 4. The van der Waals surface area contributed by atoms with Crippen molar-refractivity contribution in [3.05, 3.63) is 30.3 Å². The maximum atomic E-state index is 12.9. The number of nitrogens with zero attached hydrogens (tertiary/aromatic N) is 3. The molecule has 1 aromatic rings. The van der Waals surface area contributed by atoms with Gasteiger partial charge in [-0.25, -0.2) is 0 Å². The molecular formula is C21H30N4O2. The fraction of sp³-hybridized carbons (Fsp3) is 0.619. The van der Waals surface area contributed by atoms with Gasteiger partial charge in [0.1, 0.15) is 0 Å². The Kier molecular flexibility index (Phi) is 5.45. The molecule has 0 aromatic heterocycles. The number of piperazine rings is 1. The highest BCUT2D eigenvalue weighted by atomic mass is 16.2. The molecule has 0 spiro atoms. The van der Waals surface area contributed by atoms with E-state index in [-0.39, 0.29) is 23.9 Å². The quantitative estimate of drug-likeness (QED) is 0.871. The fourth-order valence-corrected chi connectivity index (χ4v) is 4.82. The van der Waals surface area contributed by atoms with Crippen LogP contribution in [0.2, 0.25) is 0 Å². The van der Waals surface area contributed by atoms with E-state index >= 15 is 0 Å². The van der Waals surface area contributed by atoms with Crippen molar-refractivity contribution in [1.82, 2.24) is 9.80 Å². The number of nitrogens with two attached hydrogens (primary N) is 1. The summed E-state index contributed by atoms with van der Waals surface area (Å²) in [6.45, 7) is 3.76. The molecule has 6 heteroatoms. The summed E-state index contributed by atoms with van der Waals surface area (Å²) in [5.41, 5.74) is 7.10. The van der Waals surface area contributed by atoms with Crippen molar-refractivity contribution in [2.24, 2.45) is 11.7 Å². The predicted molar refractivity (Wildman–Crippen MR) is 105 cm³/mol. The maximum Gasteiger partial charge on any atom is 0.244 e. The molecule has 3 aliphatic rings. The van der Waals surface area contributed by atoms with Gasteiger partial charge in [-0.05, 0) is 37.3 Å². The summed E-state index contributed by atoms with van der Waals surface area (Å²) < 4.78 is 0. The van der Waals surface area contributed by atoms with E-state index in [1.54, 1.807) is 0 Å². The average molecular weight is 370 g/mol. The molecule has 2 N–H and O–H groups in total. The Morgan fingerprint density at radius 3 is 2.41 bits per heavy atom. The SMILES string of the molecule is N[C@@H]1CCC[C@H]1CC(=O)N1CCN(C2CCN(c3ccccc3)C2=O)CC1. The third-order valence-corrected chi connectivity index (χ3v) is 6.51. The zero-order valence-electron chi connectivity index (χ0n) is 15.9. The Labute approximate surface area is 161 Å². The molecule has 2 aliphatic heterocycles. The van der Waals surface area contributed by atoms with Crippen molar-refractivity contribution in [3.63, 3.8) is 0 Å². The highest BCUT2D eigenvalue weighted by molar-refractivity contribution is 5.99. The summed E-state index contributed by atoms with van der Waals surface area (Å²) in [4.78, 5) is 31.6. The van der Waals surface area contributed by atoms with Gasteiger partial charge in [0, 0.05) is 50.9 Å². The number of para-hydroxylation sites is 1. The van der Waals surface area contributed by atoms with E-state index in [1.165, 1.54) is 0 Å². The van der Waals surface area contributed by atoms with Gasteiger partial charge in [0.05, 0.1) is 6.04 Å². The average Bonchev–Trinajstić information content (AvgIpc) is 3.28. The van der Waals surface area contributed by atoms with Gasteiger partial charge in [-0.15, -0.1) is 0 Å². The molecule has 4 rings (SSSR count). The largest absolute Gasteiger partial charge is 0.340 e. The minimum atomic E-state index is -0.0503. The summed E-state index contributed by atoms with van der Waals surface area (Å²) in [5, 5.41) is 0. The number of hydrogen-bond donors (Lipinski definition) is 1. The van der Waals surface area contributed by atoms with Gasteiger partial charge in [-0.1, -0.05) is 24.6 Å². The molecule has 146 valence electrons. The van der Waals surface area contributed by atoms with Gasteiger partial charge < -0.3 is 15.5 Å². The zero-order valence-corrected chi connectivity index (χ0v) is 15.9. The summed E-state index contributed by atoms with van der Waals surface area (Å²) in [5.74, 6) is 0.782. The van der Waals surface area contributed by atoms with Crippen molar-refractivity contribution < 1.29 is 9.59 Å². The molecule has 1 aromatic carbocycles. The Balaban J connectivity index is 1.29. The minimum Gasteiger partial charge on any atom is -0.340 e. The van der Waals surface area contributed by atoms with Crippen LogP contribution >= 0.6 is 0 Å². The number of benzene rings is 1. The summed E-state index contributed by atoms with van der Waals surface area (Å²) in [6, 6.07) is 10.0. The van der Waals surface area contributed by atoms with Gasteiger partial charge in [0.2, 0.25) is 11.8 Å². The van der Waals surface area contributed by atoms with Crippen LogP contribution in [0.15, 0.2) is 30.3 Å². The van der Waals surface area contributed by atoms with E-state index in [2.05, 4.69) is 4.90 Å². The topological polar surface area (TPSA) is 69.9 Å². The molecule has 2 amide bonds. The first-order valence-corrected chi connectivity index (χ1v) is 10.3. The van der Waals surface area contributed by atoms with Crippen LogP contribution < -0.4 is 10.6 Å². The zero-order chi connectivity index (χ0) is 18.8. The number of anilines is 1. The van der Waals surface area contributed by atoms with Crippen LogP contribution in [0.25, 0.3) is 0 Å². The van der Waals surface area contributed by atoms with Gasteiger partial charge in [0.15, 0.2) is 0 Å². The number of rotatable bonds is 4. The highest BCUT2D eigenvalue weighted by Gasteiger charge is 2.38. The lowest BCUT2D eigenvalue weighted by atomic mass is 9.99. The molecule has 2 heterocycles. The van der Waals surface area contributed by atoms with E-state index in [4.69, 9.17) is 5.73 Å². The van der Waals surface area contributed by atoms with E-state index in [0.717, 1.165) is 64.1 Å². The standard InChI is InChI=1S/C21H30N4O2/c22-18-8-4-5-16(18)15-20(26)24-13-11-23(12-14-24)19-9-10-25(21(19)27)17-6-2-1-3-7-17/h1-3,6-7,16,18-19H,4-5,8-15,22H2/t16-,18+,19?/m0/s1. The number of amides is 2. The summed E-state index contributed by atoms with van der Waals surface area (Å²) in [6.07, 6.45) is 4.73. The Morgan fingerprint density at radius 1 is 1.00 bits per heavy atom. The van der Waals surface area contributed by atoms with Gasteiger partial charge in [-0.2, -0.15) is 0 Å². The van der Waals surface area contributed by atoms with Crippen molar-refractivity contribution in [3.8, 4) is 0 Å². The number of carbonyl (C=O) groups excluding carboxylic acids is 2. The van der Waals surface area contributed by atoms with Crippen molar-refractivity contribution in [2.75, 3.05) is 37.6 Å². The second-order valence-corrected chi connectivity index (χ2v) is 8.11. The molecule has 2 saturated heterocycles. The highest BCUT2D eigenvalue weighted by Crippen LogP contribution is 2.28. The maximum absolute atomic E-state index is 12.9. The van der Waals surface area contributed by atoms with Crippen LogP contribution in [-0.4, -0.2) is 66.4 Å². The predicted octanol–water partition coefficient (Wildman–Crippen LogP) is 1.45. The van der Waals surface area contributed by atoms with Crippen LogP contribution in [-0.2, 0) is 9.59 Å². The van der Waals surface area contributed by atoms with E-state index in [1.807, 2.05) is 40.1 Å². The Hall–Kier alpha value is -1.92. The van der Waals surface area contributed by atoms with Crippen LogP contribution in [0.1, 0.15) is 32.1 Å². The number of carbonyl (C=O) groups is 2. The molecular weight excluding hydrogens is 340 g/mol. The van der Waals surface area contributed by atoms with Crippen LogP contribution in [0.5, 0.6) is 0 Å². The van der Waals surface area contributed by atoms with Gasteiger partial charge in [0.25, 0.3) is 0 Å². The van der Waals surface area contributed by atoms with Crippen molar-refractivity contribution in [2.45, 2.75) is 44.2 Å². The smallest absolute Gasteiger partial charge is 0.244 e. The van der Waals surface area contributed by atoms with Gasteiger partial charge in [-0.3, -0.25) is 14.5 Å². The first kappa shape index (κ1) is 18.4. The first-order valence-electron chi connectivity index (χ1n) is 10.3. The fourth-order valence-electron chi connectivity index (χ4n) is 4.82. The normalized spacial score (nSPS) is 29.5. The van der Waals surface area contributed by atoms with E-state index in [0.29, 0.717) is 12.3 Å². The summed E-state index contributed by atoms with van der Waals surface area (Å²) >= 11 is 0. The van der Waals surface area contributed by atoms with Crippen LogP contribution in [0, 0.1) is 5.92 Å². The van der Waals surface area contributed by atoms with E-state index in [9.17, 15) is 9.59 Å². The summed E-state index contributed by atoms with van der Waals surface area (Å²) in [7, 11) is 0. The lowest BCUT2D eigenvalue weighted by Gasteiger charge is -2.37. The molecule has 1 saturated carbocycles. The molecule has 3 fully saturated rings. The van der Waals surface area contributed by atoms with E-state index < -0.39 is 0 Å². The molecule has 1 aliphatic carbocycles. The lowest BCUT2D eigenvalue weighted by molar-refractivity contribution is -0.134. The second-order valence-electron chi connectivity index (χ2n) is 8.11. The van der Waals surface area contributed by atoms with Crippen molar-refractivity contribution >= 4 is 17.5 Å². The van der Waals surface area contributed by atoms with Crippen LogP contribution in [0.4, 0.5) is 5.69 Å². The molecule has 0 radical (unpaired) electrons. The molecule has 0 bridgehead atoms. The molecule has 27 heavy (non-hydrogen) atoms. The minimum absolute atomic E-state index is 0.0503. The Bertz CT molecular complexity index is 672. The van der Waals surface area contributed by atoms with Crippen molar-refractivity contribution in [1.29, 1.82) is 0 Å². The molecule has 1 unspecified atom stereocenters.